The third kappa shape index (κ3) is 3.65. The summed E-state index contributed by atoms with van der Waals surface area (Å²) in [5.41, 5.74) is 2.20. The van der Waals surface area contributed by atoms with Crippen molar-refractivity contribution < 1.29 is 4.39 Å². The van der Waals surface area contributed by atoms with Crippen molar-refractivity contribution in [3.05, 3.63) is 64.9 Å². The van der Waals surface area contributed by atoms with Crippen LogP contribution in [-0.4, -0.2) is 11.0 Å². The predicted molar refractivity (Wildman–Crippen MR) is 86.0 cm³/mol. The van der Waals surface area contributed by atoms with Crippen LogP contribution < -0.4 is 5.32 Å². The number of hydrogen-bond acceptors (Lipinski definition) is 3. The van der Waals surface area contributed by atoms with E-state index in [9.17, 15) is 4.39 Å². The van der Waals surface area contributed by atoms with Crippen LogP contribution in [0.1, 0.15) is 17.5 Å². The second-order valence-corrected chi connectivity index (χ2v) is 6.30. The molecule has 21 heavy (non-hydrogen) atoms. The molecule has 0 aliphatic rings. The zero-order valence-corrected chi connectivity index (χ0v) is 12.7. The first kappa shape index (κ1) is 14.2. The van der Waals surface area contributed by atoms with Crippen molar-refractivity contribution in [3.8, 4) is 0 Å². The van der Waals surface area contributed by atoms with Crippen LogP contribution in [0, 0.1) is 5.82 Å². The maximum absolute atomic E-state index is 12.9. The van der Waals surface area contributed by atoms with E-state index in [4.69, 9.17) is 0 Å². The van der Waals surface area contributed by atoms with Gasteiger partial charge in [0, 0.05) is 12.6 Å². The normalized spacial score (nSPS) is 12.7. The first-order chi connectivity index (χ1) is 10.2. The lowest BCUT2D eigenvalue weighted by molar-refractivity contribution is 0.544. The molecule has 1 atom stereocenters. The molecule has 108 valence electrons. The Morgan fingerprint density at radius 3 is 2.67 bits per heavy atom. The number of halogens is 1. The number of fused-ring (bicyclic) bond motifs is 1. The number of nitrogens with zero attached hydrogens (tertiary/aromatic N) is 1. The van der Waals surface area contributed by atoms with Crippen molar-refractivity contribution in [3.63, 3.8) is 0 Å². The minimum absolute atomic E-state index is 0.186. The largest absolute Gasteiger partial charge is 0.308 e. The van der Waals surface area contributed by atoms with E-state index in [2.05, 4.69) is 23.3 Å². The molecule has 3 aromatic rings. The highest BCUT2D eigenvalue weighted by Crippen LogP contribution is 2.21. The second-order valence-electron chi connectivity index (χ2n) is 5.19. The zero-order chi connectivity index (χ0) is 14.7. The molecule has 0 radical (unpaired) electrons. The van der Waals surface area contributed by atoms with Gasteiger partial charge in [0.1, 0.15) is 10.8 Å². The topological polar surface area (TPSA) is 24.9 Å². The molecule has 4 heteroatoms. The molecule has 0 saturated carbocycles. The van der Waals surface area contributed by atoms with Crippen molar-refractivity contribution in [2.45, 2.75) is 25.9 Å². The molecule has 0 spiro atoms. The lowest BCUT2D eigenvalue weighted by Gasteiger charge is -2.12. The van der Waals surface area contributed by atoms with Crippen LogP contribution in [0.2, 0.25) is 0 Å². The molecule has 1 unspecified atom stereocenters. The number of rotatable bonds is 5. The maximum Gasteiger partial charge on any atom is 0.123 e. The van der Waals surface area contributed by atoms with E-state index in [0.29, 0.717) is 6.04 Å². The quantitative estimate of drug-likeness (QED) is 0.765. The lowest BCUT2D eigenvalue weighted by Crippen LogP contribution is -2.27. The molecule has 0 aliphatic carbocycles. The number of thiazole rings is 1. The molecule has 0 saturated heterocycles. The maximum atomic E-state index is 12.9. The molecule has 2 aromatic carbocycles. The van der Waals surface area contributed by atoms with Gasteiger partial charge < -0.3 is 5.32 Å². The van der Waals surface area contributed by atoms with Gasteiger partial charge in [-0.1, -0.05) is 24.3 Å². The second kappa shape index (κ2) is 6.33. The summed E-state index contributed by atoms with van der Waals surface area (Å²) in [6.45, 7) is 2.90. The van der Waals surface area contributed by atoms with Gasteiger partial charge in [0.25, 0.3) is 0 Å². The fourth-order valence-electron chi connectivity index (χ4n) is 2.30. The van der Waals surface area contributed by atoms with Crippen LogP contribution in [-0.2, 0) is 13.0 Å². The van der Waals surface area contributed by atoms with E-state index in [-0.39, 0.29) is 5.82 Å². The summed E-state index contributed by atoms with van der Waals surface area (Å²) in [6, 6.07) is 15.2. The summed E-state index contributed by atoms with van der Waals surface area (Å²) in [7, 11) is 0. The number of aromatic nitrogens is 1. The lowest BCUT2D eigenvalue weighted by atomic mass is 10.1. The number of benzene rings is 2. The van der Waals surface area contributed by atoms with Crippen LogP contribution in [0.4, 0.5) is 4.39 Å². The van der Waals surface area contributed by atoms with E-state index in [1.807, 2.05) is 30.3 Å². The Balaban J connectivity index is 1.57. The van der Waals surface area contributed by atoms with E-state index >= 15 is 0 Å². The van der Waals surface area contributed by atoms with Gasteiger partial charge in [-0.2, -0.15) is 0 Å². The molecular formula is C17H17FN2S. The molecule has 0 amide bonds. The summed E-state index contributed by atoms with van der Waals surface area (Å²) in [5, 5.41) is 4.58. The fourth-order valence-corrected chi connectivity index (χ4v) is 3.22. The number of hydrogen-bond donors (Lipinski definition) is 1. The Hall–Kier alpha value is -1.78. The average molecular weight is 300 g/mol. The number of para-hydroxylation sites is 1. The third-order valence-corrected chi connectivity index (χ3v) is 4.43. The minimum atomic E-state index is -0.186. The van der Waals surface area contributed by atoms with E-state index < -0.39 is 0 Å². The first-order valence-electron chi connectivity index (χ1n) is 7.03. The molecule has 2 nitrogen and oxygen atoms in total. The summed E-state index contributed by atoms with van der Waals surface area (Å²) < 4.78 is 14.1. The minimum Gasteiger partial charge on any atom is -0.308 e. The summed E-state index contributed by atoms with van der Waals surface area (Å²) in [6.07, 6.45) is 0.880. The average Bonchev–Trinajstić information content (AvgIpc) is 2.90. The van der Waals surface area contributed by atoms with Gasteiger partial charge in [0.2, 0.25) is 0 Å². The zero-order valence-electron chi connectivity index (χ0n) is 11.8. The van der Waals surface area contributed by atoms with Crippen molar-refractivity contribution in [2.75, 3.05) is 0 Å². The van der Waals surface area contributed by atoms with Gasteiger partial charge in [-0.15, -0.1) is 11.3 Å². The Morgan fingerprint density at radius 2 is 1.90 bits per heavy atom. The van der Waals surface area contributed by atoms with Gasteiger partial charge in [-0.3, -0.25) is 0 Å². The molecule has 0 fully saturated rings. The summed E-state index contributed by atoms with van der Waals surface area (Å²) in [4.78, 5) is 4.61. The predicted octanol–water partition coefficient (Wildman–Crippen LogP) is 4.16. The Labute approximate surface area is 127 Å². The van der Waals surface area contributed by atoms with Crippen molar-refractivity contribution >= 4 is 21.6 Å². The Kier molecular flexibility index (Phi) is 4.27. The fraction of sp³-hybridized carbons (Fsp3) is 0.235. The van der Waals surface area contributed by atoms with Crippen LogP contribution in [0.5, 0.6) is 0 Å². The molecule has 1 aromatic heterocycles. The van der Waals surface area contributed by atoms with Gasteiger partial charge in [0.15, 0.2) is 0 Å². The molecule has 3 rings (SSSR count). The molecule has 0 bridgehead atoms. The van der Waals surface area contributed by atoms with Crippen LogP contribution in [0.3, 0.4) is 0 Å². The van der Waals surface area contributed by atoms with Gasteiger partial charge in [0.05, 0.1) is 10.2 Å². The molecule has 1 N–H and O–H groups in total. The van der Waals surface area contributed by atoms with E-state index in [1.165, 1.54) is 16.8 Å². The first-order valence-corrected chi connectivity index (χ1v) is 7.84. The van der Waals surface area contributed by atoms with Crippen molar-refractivity contribution in [2.24, 2.45) is 0 Å². The molecule has 1 heterocycles. The smallest absolute Gasteiger partial charge is 0.123 e. The highest BCUT2D eigenvalue weighted by atomic mass is 32.1. The van der Waals surface area contributed by atoms with Crippen LogP contribution >= 0.6 is 11.3 Å². The SMILES string of the molecule is CC(Cc1ccc(F)cc1)NCc1nc2ccccc2s1. The van der Waals surface area contributed by atoms with Gasteiger partial charge >= 0.3 is 0 Å². The Bertz CT molecular complexity index is 688. The van der Waals surface area contributed by atoms with E-state index in [0.717, 1.165) is 29.1 Å². The van der Waals surface area contributed by atoms with Crippen molar-refractivity contribution in [1.82, 2.24) is 10.3 Å². The monoisotopic (exact) mass is 300 g/mol. The Morgan fingerprint density at radius 1 is 1.14 bits per heavy atom. The van der Waals surface area contributed by atoms with Crippen molar-refractivity contribution in [1.29, 1.82) is 0 Å². The van der Waals surface area contributed by atoms with Gasteiger partial charge in [-0.25, -0.2) is 9.37 Å². The third-order valence-electron chi connectivity index (χ3n) is 3.40. The molecular weight excluding hydrogens is 283 g/mol. The summed E-state index contributed by atoms with van der Waals surface area (Å²) in [5.74, 6) is -0.186. The highest BCUT2D eigenvalue weighted by Gasteiger charge is 2.06. The van der Waals surface area contributed by atoms with Crippen LogP contribution in [0.25, 0.3) is 10.2 Å². The van der Waals surface area contributed by atoms with Crippen LogP contribution in [0.15, 0.2) is 48.5 Å². The number of nitrogens with one attached hydrogen (secondary N) is 1. The highest BCUT2D eigenvalue weighted by molar-refractivity contribution is 7.18. The van der Waals surface area contributed by atoms with E-state index in [1.54, 1.807) is 11.3 Å². The standard InChI is InChI=1S/C17H17FN2S/c1-12(10-13-6-8-14(18)9-7-13)19-11-17-20-15-4-2-3-5-16(15)21-17/h2-9,12,19H,10-11H2,1H3. The summed E-state index contributed by atoms with van der Waals surface area (Å²) >= 11 is 1.72. The van der Waals surface area contributed by atoms with Gasteiger partial charge in [-0.05, 0) is 43.2 Å². The molecule has 0 aliphatic heterocycles.